The van der Waals surface area contributed by atoms with Crippen LogP contribution in [0.25, 0.3) is 0 Å². The maximum absolute atomic E-state index is 12.2. The molecule has 0 aliphatic heterocycles. The van der Waals surface area contributed by atoms with Crippen molar-refractivity contribution in [2.75, 3.05) is 13.7 Å². The maximum atomic E-state index is 12.2. The lowest BCUT2D eigenvalue weighted by Gasteiger charge is -2.13. The third-order valence-corrected chi connectivity index (χ3v) is 4.34. The highest BCUT2D eigenvalue weighted by Gasteiger charge is 2.19. The fourth-order valence-corrected chi connectivity index (χ4v) is 3.32. The second kappa shape index (κ2) is 6.02. The van der Waals surface area contributed by atoms with Crippen LogP contribution in [0, 0.1) is 13.8 Å². The molecule has 1 aromatic rings. The highest BCUT2D eigenvalue weighted by molar-refractivity contribution is 7.89. The Kier molecular flexibility index (Phi) is 4.93. The first-order valence-corrected chi connectivity index (χ1v) is 7.16. The summed E-state index contributed by atoms with van der Waals surface area (Å²) in [5.74, 6) is 0.662. The van der Waals surface area contributed by atoms with Crippen LogP contribution < -0.4 is 9.46 Å². The summed E-state index contributed by atoms with van der Waals surface area (Å²) in [6, 6.07) is 3.43. The summed E-state index contributed by atoms with van der Waals surface area (Å²) in [5.41, 5.74) is 1.36. The molecule has 0 aliphatic rings. The lowest BCUT2D eigenvalue weighted by molar-refractivity contribution is 0.413. The number of aryl methyl sites for hydroxylation is 2. The molecule has 0 radical (unpaired) electrons. The van der Waals surface area contributed by atoms with Crippen molar-refractivity contribution < 1.29 is 13.2 Å². The fraction of sp³-hybridized carbons (Fsp3) is 0.385. The quantitative estimate of drug-likeness (QED) is 0.636. The third kappa shape index (κ3) is 3.34. The van der Waals surface area contributed by atoms with Crippen molar-refractivity contribution in [2.24, 2.45) is 0 Å². The van der Waals surface area contributed by atoms with E-state index in [1.807, 2.05) is 0 Å². The maximum Gasteiger partial charge on any atom is 0.241 e. The van der Waals surface area contributed by atoms with Gasteiger partial charge in [0.1, 0.15) is 5.75 Å². The first kappa shape index (κ1) is 14.7. The molecule has 0 amide bonds. The van der Waals surface area contributed by atoms with Gasteiger partial charge in [-0.05, 0) is 43.5 Å². The van der Waals surface area contributed by atoms with E-state index < -0.39 is 10.0 Å². The molecular formula is C13H19NO3S. The predicted molar refractivity (Wildman–Crippen MR) is 72.5 cm³/mol. The van der Waals surface area contributed by atoms with Gasteiger partial charge < -0.3 is 4.74 Å². The van der Waals surface area contributed by atoms with E-state index in [-0.39, 0.29) is 0 Å². The van der Waals surface area contributed by atoms with Crippen LogP contribution >= 0.6 is 0 Å². The number of benzene rings is 1. The van der Waals surface area contributed by atoms with Gasteiger partial charge in [-0.1, -0.05) is 6.08 Å². The Labute approximate surface area is 109 Å². The SMILES string of the molecule is C=CCCNS(=O)(=O)c1c(C)cc(OC)cc1C. The predicted octanol–water partition coefficient (Wildman–Crippen LogP) is 2.17. The van der Waals surface area contributed by atoms with E-state index in [9.17, 15) is 8.42 Å². The van der Waals surface area contributed by atoms with Crippen LogP contribution in [0.1, 0.15) is 17.5 Å². The average Bonchev–Trinajstić information content (AvgIpc) is 2.27. The standard InChI is InChI=1S/C13H19NO3S/c1-5-6-7-14-18(15,16)13-10(2)8-12(17-4)9-11(13)3/h5,8-9,14H,1,6-7H2,2-4H3. The number of methoxy groups -OCH3 is 1. The molecular weight excluding hydrogens is 250 g/mol. The fourth-order valence-electron chi connectivity index (χ4n) is 1.82. The van der Waals surface area contributed by atoms with Gasteiger partial charge in [-0.25, -0.2) is 13.1 Å². The Hall–Kier alpha value is -1.33. The van der Waals surface area contributed by atoms with Gasteiger partial charge in [-0.2, -0.15) is 0 Å². The first-order chi connectivity index (χ1) is 8.42. The summed E-state index contributed by atoms with van der Waals surface area (Å²) in [5, 5.41) is 0. The van der Waals surface area contributed by atoms with Crippen LogP contribution in [-0.4, -0.2) is 22.1 Å². The third-order valence-electron chi connectivity index (χ3n) is 2.58. The van der Waals surface area contributed by atoms with E-state index in [4.69, 9.17) is 4.74 Å². The Morgan fingerprint density at radius 1 is 1.33 bits per heavy atom. The van der Waals surface area contributed by atoms with Gasteiger partial charge in [0.25, 0.3) is 0 Å². The zero-order chi connectivity index (χ0) is 13.8. The number of nitrogens with one attached hydrogen (secondary N) is 1. The molecule has 4 nitrogen and oxygen atoms in total. The molecule has 0 fully saturated rings. The molecule has 0 heterocycles. The minimum atomic E-state index is -3.47. The molecule has 100 valence electrons. The molecule has 0 aliphatic carbocycles. The van der Waals surface area contributed by atoms with Gasteiger partial charge in [-0.3, -0.25) is 0 Å². The zero-order valence-electron chi connectivity index (χ0n) is 11.0. The summed E-state index contributed by atoms with van der Waals surface area (Å²) in [6.07, 6.45) is 2.28. The number of hydrogen-bond donors (Lipinski definition) is 1. The van der Waals surface area contributed by atoms with Crippen LogP contribution in [0.5, 0.6) is 5.75 Å². The second-order valence-electron chi connectivity index (χ2n) is 4.07. The van der Waals surface area contributed by atoms with E-state index in [0.29, 0.717) is 34.7 Å². The summed E-state index contributed by atoms with van der Waals surface area (Å²) in [7, 11) is -1.91. The lowest BCUT2D eigenvalue weighted by atomic mass is 10.1. The highest BCUT2D eigenvalue weighted by atomic mass is 32.2. The number of hydrogen-bond acceptors (Lipinski definition) is 3. The number of sulfonamides is 1. The van der Waals surface area contributed by atoms with Crippen molar-refractivity contribution in [3.8, 4) is 5.75 Å². The summed E-state index contributed by atoms with van der Waals surface area (Å²) < 4.78 is 32.0. The number of rotatable bonds is 6. The van der Waals surface area contributed by atoms with Crippen LogP contribution in [-0.2, 0) is 10.0 Å². The van der Waals surface area contributed by atoms with Crippen molar-refractivity contribution in [1.82, 2.24) is 4.72 Å². The highest BCUT2D eigenvalue weighted by Crippen LogP contribution is 2.25. The molecule has 5 heteroatoms. The topological polar surface area (TPSA) is 55.4 Å². The molecule has 1 aromatic carbocycles. The molecule has 0 bridgehead atoms. The smallest absolute Gasteiger partial charge is 0.241 e. The minimum Gasteiger partial charge on any atom is -0.497 e. The van der Waals surface area contributed by atoms with Crippen LogP contribution in [0.15, 0.2) is 29.7 Å². The van der Waals surface area contributed by atoms with Gasteiger partial charge in [-0.15, -0.1) is 6.58 Å². The van der Waals surface area contributed by atoms with Gasteiger partial charge in [0.2, 0.25) is 10.0 Å². The molecule has 0 saturated heterocycles. The second-order valence-corrected chi connectivity index (χ2v) is 5.77. The minimum absolute atomic E-state index is 0.326. The van der Waals surface area contributed by atoms with Crippen LogP contribution in [0.4, 0.5) is 0 Å². The molecule has 18 heavy (non-hydrogen) atoms. The van der Waals surface area contributed by atoms with Crippen molar-refractivity contribution in [1.29, 1.82) is 0 Å². The molecule has 1 N–H and O–H groups in total. The van der Waals surface area contributed by atoms with Gasteiger partial charge in [0, 0.05) is 6.54 Å². The van der Waals surface area contributed by atoms with Gasteiger partial charge in [0.05, 0.1) is 12.0 Å². The van der Waals surface area contributed by atoms with Crippen LogP contribution in [0.3, 0.4) is 0 Å². The lowest BCUT2D eigenvalue weighted by Crippen LogP contribution is -2.26. The zero-order valence-corrected chi connectivity index (χ0v) is 11.8. The van der Waals surface area contributed by atoms with E-state index in [2.05, 4.69) is 11.3 Å². The largest absolute Gasteiger partial charge is 0.497 e. The van der Waals surface area contributed by atoms with E-state index in [1.165, 1.54) is 0 Å². The molecule has 0 saturated carbocycles. The van der Waals surface area contributed by atoms with Gasteiger partial charge in [0.15, 0.2) is 0 Å². The number of ether oxygens (including phenoxy) is 1. The Balaban J connectivity index is 3.12. The van der Waals surface area contributed by atoms with Gasteiger partial charge >= 0.3 is 0 Å². The molecule has 0 spiro atoms. The molecule has 0 atom stereocenters. The van der Waals surface area contributed by atoms with Crippen LogP contribution in [0.2, 0.25) is 0 Å². The first-order valence-electron chi connectivity index (χ1n) is 5.68. The molecule has 0 aromatic heterocycles. The van der Waals surface area contributed by atoms with Crippen molar-refractivity contribution in [2.45, 2.75) is 25.2 Å². The van der Waals surface area contributed by atoms with E-state index in [0.717, 1.165) is 0 Å². The van der Waals surface area contributed by atoms with E-state index >= 15 is 0 Å². The Morgan fingerprint density at radius 3 is 2.33 bits per heavy atom. The van der Waals surface area contributed by atoms with Crippen molar-refractivity contribution in [3.63, 3.8) is 0 Å². The van der Waals surface area contributed by atoms with Crippen molar-refractivity contribution >= 4 is 10.0 Å². The molecule has 1 rings (SSSR count). The summed E-state index contributed by atoms with van der Waals surface area (Å²) >= 11 is 0. The Bertz CT molecular complexity index is 512. The normalized spacial score (nSPS) is 11.3. The Morgan fingerprint density at radius 2 is 1.89 bits per heavy atom. The molecule has 0 unspecified atom stereocenters. The monoisotopic (exact) mass is 269 g/mol. The summed E-state index contributed by atoms with van der Waals surface area (Å²) in [4.78, 5) is 0.326. The van der Waals surface area contributed by atoms with Crippen molar-refractivity contribution in [3.05, 3.63) is 35.9 Å². The van der Waals surface area contributed by atoms with E-state index in [1.54, 1.807) is 39.2 Å². The summed E-state index contributed by atoms with van der Waals surface area (Å²) in [6.45, 7) is 7.44. The average molecular weight is 269 g/mol.